The summed E-state index contributed by atoms with van der Waals surface area (Å²) in [5.41, 5.74) is 3.90. The van der Waals surface area contributed by atoms with Crippen molar-refractivity contribution in [2.45, 2.75) is 126 Å². The number of aryl methyl sites for hydroxylation is 3. The number of fused-ring (bicyclic) bond motifs is 16. The van der Waals surface area contributed by atoms with Gasteiger partial charge in [-0.1, -0.05) is 47.5 Å². The van der Waals surface area contributed by atoms with Crippen molar-refractivity contribution in [3.05, 3.63) is 289 Å². The number of hydrogen-bond acceptors (Lipinski definition) is 14. The predicted octanol–water partition coefficient (Wildman–Crippen LogP) is 19.3. The molecular formula is C96H88Cl2F9N11O12. The van der Waals surface area contributed by atoms with Crippen molar-refractivity contribution < 1.29 is 91.8 Å². The molecule has 0 unspecified atom stereocenters. The molecule has 12 aromatic rings. The van der Waals surface area contributed by atoms with Gasteiger partial charge in [-0.2, -0.15) is 45.3 Å². The standard InChI is InChI=1S/C27H30FN3O4.C24H17ClF6N2O2.C23H21F2N3O3.C22H20ClN3O3/c1-5-31-25-20-15-19(28)7-9-22(20)35-27(21(25)16-29-31)10-12-30(13-11-27)26(32)18-6-8-23(34-17(2)3)24(14-18)33-4;25-17-3-4-18-19(13-17)35-22(20-2-1-7-33(18)20)5-8-32(9-6-22)21(34)14-10-15(23(26,27)28)12-16(11-14)24(29,30)31;1-27-14-17-20(26-27)15-6-2-5-9-19(15)31-23(17)10-12-28(13-11-23)21(29)16-7-3-4-8-18(16)30-22(24)25;1-24-10-6-15(13-20(24)27)21(28)25-11-7-22(8-12-25)19-3-2-9-26(19)17-5-4-16(23)14-18(17)29-22/h6-9,14-17H,5,10-13H2,1-4H3;1-4,7,10-13H,5-6,8-9H2;2-9,14,22H,10-13H2,1H3;2-6,9-10,13-14H,7-8,11-12H2,1H3. The van der Waals surface area contributed by atoms with Crippen LogP contribution in [0.2, 0.25) is 10.0 Å². The van der Waals surface area contributed by atoms with Crippen LogP contribution in [0.1, 0.15) is 147 Å². The van der Waals surface area contributed by atoms with E-state index in [2.05, 4.69) is 25.6 Å². The second-order valence-electron chi connectivity index (χ2n) is 33.3. The first kappa shape index (κ1) is 88.9. The first-order chi connectivity index (χ1) is 62.2. The fourth-order valence-electron chi connectivity index (χ4n) is 18.5. The number of halogens is 11. The largest absolute Gasteiger partial charge is 0.493 e. The van der Waals surface area contributed by atoms with Gasteiger partial charge in [0, 0.05) is 216 Å². The molecule has 5 aromatic heterocycles. The number of rotatable bonds is 10. The van der Waals surface area contributed by atoms with E-state index < -0.39 is 64.0 Å². The number of carbonyl (C=O) groups is 4. The van der Waals surface area contributed by atoms with Gasteiger partial charge in [-0.25, -0.2) is 4.39 Å². The number of methoxy groups -OCH3 is 1. The number of piperidine rings is 4. The van der Waals surface area contributed by atoms with E-state index in [9.17, 15) is 63.5 Å². The van der Waals surface area contributed by atoms with E-state index in [0.717, 1.165) is 67.9 Å². The molecule has 4 fully saturated rings. The van der Waals surface area contributed by atoms with Crippen LogP contribution < -0.4 is 38.7 Å². The van der Waals surface area contributed by atoms with Crippen molar-refractivity contribution in [1.29, 1.82) is 0 Å². The van der Waals surface area contributed by atoms with Gasteiger partial charge in [-0.3, -0.25) is 33.3 Å². The number of benzene rings is 7. The van der Waals surface area contributed by atoms with Crippen LogP contribution in [0.3, 0.4) is 0 Å². The van der Waals surface area contributed by atoms with Crippen molar-refractivity contribution in [2.75, 3.05) is 59.5 Å². The Balaban J connectivity index is 0.000000122. The summed E-state index contributed by atoms with van der Waals surface area (Å²) < 4.78 is 170. The molecule has 4 amide bonds. The lowest BCUT2D eigenvalue weighted by Crippen LogP contribution is -2.50. The van der Waals surface area contributed by atoms with Crippen LogP contribution in [0, 0.1) is 5.82 Å². The lowest BCUT2D eigenvalue weighted by atomic mass is 9.81. The van der Waals surface area contributed by atoms with E-state index in [1.54, 1.807) is 89.4 Å². The van der Waals surface area contributed by atoms with Crippen molar-refractivity contribution in [3.8, 4) is 74.1 Å². The summed E-state index contributed by atoms with van der Waals surface area (Å²) in [5.74, 6) is 2.07. The third-order valence-corrected chi connectivity index (χ3v) is 25.5. The summed E-state index contributed by atoms with van der Waals surface area (Å²) in [5, 5.41) is 10.3. The maximum Gasteiger partial charge on any atom is 0.416 e. The molecular weight excluding hydrogens is 1740 g/mol. The van der Waals surface area contributed by atoms with E-state index in [1.165, 1.54) is 39.8 Å². The summed E-state index contributed by atoms with van der Waals surface area (Å²) in [7, 11) is 5.12. The van der Waals surface area contributed by atoms with E-state index in [0.29, 0.717) is 153 Å². The van der Waals surface area contributed by atoms with Crippen LogP contribution in [0.15, 0.2) is 212 Å². The lowest BCUT2D eigenvalue weighted by molar-refractivity contribution is -0.143. The van der Waals surface area contributed by atoms with Crippen LogP contribution in [0.5, 0.6) is 40.2 Å². The van der Waals surface area contributed by atoms with Gasteiger partial charge in [0.25, 0.3) is 29.2 Å². The predicted molar refractivity (Wildman–Crippen MR) is 463 cm³/mol. The second kappa shape index (κ2) is 35.1. The molecule has 20 rings (SSSR count). The molecule has 4 spiro atoms. The van der Waals surface area contributed by atoms with Gasteiger partial charge >= 0.3 is 19.0 Å². The molecule has 13 heterocycles. The highest BCUT2D eigenvalue weighted by atomic mass is 35.5. The molecule has 0 saturated carbocycles. The number of alkyl halides is 8. The first-order valence-corrected chi connectivity index (χ1v) is 43.1. The molecule has 0 bridgehead atoms. The zero-order valence-corrected chi connectivity index (χ0v) is 72.8. The van der Waals surface area contributed by atoms with Crippen LogP contribution >= 0.6 is 23.2 Å². The summed E-state index contributed by atoms with van der Waals surface area (Å²) in [6.45, 7) is 6.76. The molecule has 23 nitrogen and oxygen atoms in total. The third-order valence-electron chi connectivity index (χ3n) is 25.0. The van der Waals surface area contributed by atoms with E-state index in [-0.39, 0.29) is 65.7 Å². The number of nitrogens with zero attached hydrogens (tertiary/aromatic N) is 11. The fourth-order valence-corrected chi connectivity index (χ4v) is 18.8. The minimum Gasteiger partial charge on any atom is -0.493 e. The van der Waals surface area contributed by atoms with Crippen LogP contribution in [0.25, 0.3) is 33.9 Å². The second-order valence-corrected chi connectivity index (χ2v) is 34.2. The maximum atomic E-state index is 14.1. The van der Waals surface area contributed by atoms with Gasteiger partial charge in [0.15, 0.2) is 22.7 Å². The van der Waals surface area contributed by atoms with Gasteiger partial charge in [0.05, 0.1) is 64.6 Å². The highest BCUT2D eigenvalue weighted by Gasteiger charge is 2.51. The SMILES string of the molecule is CCn1ncc2c1-c1cc(F)ccc1OC21CCN(C(=O)c2ccc(OC(C)C)c(OC)c2)CC1.Cn1cc2c(n1)-c1ccccc1OC21CCN(C(=O)c2ccccc2OC(F)F)CC1.Cn1ccc(C(=O)N2CCC3(CC2)Oc2cc(Cl)ccc2-n2cccc23)cc1=O.O=C(c1cc(C(F)(F)F)cc(C(F)(F)F)c1)N1CCC2(CC1)Oc1cc(Cl)ccc1-n1cccc12. The summed E-state index contributed by atoms with van der Waals surface area (Å²) >= 11 is 12.3. The smallest absolute Gasteiger partial charge is 0.416 e. The van der Waals surface area contributed by atoms with Gasteiger partial charge in [0.2, 0.25) is 0 Å². The topological polar surface area (TPSA) is 213 Å². The monoisotopic (exact) mass is 1830 g/mol. The minimum absolute atomic E-state index is 0.00260. The third kappa shape index (κ3) is 17.1. The highest BCUT2D eigenvalue weighted by Crippen LogP contribution is 2.54. The maximum absolute atomic E-state index is 14.1. The molecule has 0 radical (unpaired) electrons. The van der Waals surface area contributed by atoms with Gasteiger partial charge in [0.1, 0.15) is 51.5 Å². The molecule has 8 aliphatic heterocycles. The lowest BCUT2D eigenvalue weighted by Gasteiger charge is -2.45. The Morgan fingerprint density at radius 2 is 0.992 bits per heavy atom. The number of aromatic nitrogens is 7. The number of amides is 4. The van der Waals surface area contributed by atoms with Crippen LogP contribution in [-0.4, -0.2) is 149 Å². The Labute approximate surface area is 750 Å². The molecule has 676 valence electrons. The van der Waals surface area contributed by atoms with Gasteiger partial charge in [-0.15, -0.1) is 0 Å². The van der Waals surface area contributed by atoms with Crippen LogP contribution in [-0.2, 0) is 55.4 Å². The zero-order chi connectivity index (χ0) is 91.7. The molecule has 130 heavy (non-hydrogen) atoms. The number of pyridine rings is 1. The van der Waals surface area contributed by atoms with Gasteiger partial charge in [-0.05, 0) is 154 Å². The number of hydrogen-bond donors (Lipinski definition) is 0. The van der Waals surface area contributed by atoms with Gasteiger partial charge < -0.3 is 66.5 Å². The van der Waals surface area contributed by atoms with E-state index in [1.807, 2.05) is 133 Å². The summed E-state index contributed by atoms with van der Waals surface area (Å²) in [6, 6.07) is 46.6. The Hall–Kier alpha value is -13.1. The zero-order valence-electron chi connectivity index (χ0n) is 71.3. The van der Waals surface area contributed by atoms with Crippen molar-refractivity contribution in [1.82, 2.24) is 52.9 Å². The quantitative estimate of drug-likeness (QED) is 0.117. The fraction of sp³-hybridized carbons (Fsp3) is 0.323. The number of carbonyl (C=O) groups excluding carboxylic acids is 4. The Morgan fingerprint density at radius 1 is 0.492 bits per heavy atom. The molecule has 8 aliphatic rings. The Bertz CT molecular complexity index is 6370. The number of ether oxygens (including phenoxy) is 7. The first-order valence-electron chi connectivity index (χ1n) is 42.4. The molecule has 0 atom stereocenters. The number of para-hydroxylation sites is 2. The average molecular weight is 1830 g/mol. The Morgan fingerprint density at radius 3 is 1.52 bits per heavy atom. The van der Waals surface area contributed by atoms with Crippen molar-refractivity contribution >= 4 is 46.8 Å². The van der Waals surface area contributed by atoms with Crippen molar-refractivity contribution in [2.24, 2.45) is 14.1 Å². The molecule has 7 aromatic carbocycles. The van der Waals surface area contributed by atoms with E-state index >= 15 is 0 Å². The molecule has 4 saturated heterocycles. The summed E-state index contributed by atoms with van der Waals surface area (Å²) in [6.07, 6.45) is 3.57. The van der Waals surface area contributed by atoms with E-state index in [4.69, 9.17) is 51.6 Å². The van der Waals surface area contributed by atoms with Crippen LogP contribution in [0.4, 0.5) is 39.5 Å². The molecule has 34 heteroatoms. The number of likely N-dealkylation sites (tertiary alicyclic amines) is 4. The summed E-state index contributed by atoms with van der Waals surface area (Å²) in [4.78, 5) is 70.7. The minimum atomic E-state index is -5.03. The highest BCUT2D eigenvalue weighted by molar-refractivity contribution is 6.31. The molecule has 0 aliphatic carbocycles. The van der Waals surface area contributed by atoms with Crippen molar-refractivity contribution in [3.63, 3.8) is 0 Å². The molecule has 0 N–H and O–H groups in total. The Kier molecular flexibility index (Phi) is 24.0. The normalized spacial score (nSPS) is 16.6. The average Bonchev–Trinajstić information content (AvgIpc) is 1.46.